The van der Waals surface area contributed by atoms with Crippen LogP contribution in [-0.4, -0.2) is 37.0 Å². The average Bonchev–Trinajstić information content (AvgIpc) is 2.47. The number of primary amides is 1. The number of anilines is 1. The molecule has 0 bridgehead atoms. The van der Waals surface area contributed by atoms with Crippen molar-refractivity contribution in [1.29, 1.82) is 0 Å². The molecule has 0 spiro atoms. The van der Waals surface area contributed by atoms with Gasteiger partial charge in [0.05, 0.1) is 6.04 Å². The molecule has 1 heterocycles. The van der Waals surface area contributed by atoms with Crippen LogP contribution in [0.3, 0.4) is 0 Å². The van der Waals surface area contributed by atoms with Crippen molar-refractivity contribution in [2.24, 2.45) is 5.73 Å². The van der Waals surface area contributed by atoms with Gasteiger partial charge in [0.15, 0.2) is 0 Å². The minimum absolute atomic E-state index is 0.246. The first-order valence-electron chi connectivity index (χ1n) is 7.42. The molecule has 1 fully saturated rings. The maximum atomic E-state index is 11.3. The maximum Gasteiger partial charge on any atom is 0.234 e. The van der Waals surface area contributed by atoms with E-state index in [0.717, 1.165) is 19.6 Å². The highest BCUT2D eigenvalue weighted by molar-refractivity contribution is 5.79. The number of carbonyl (C=O) groups is 1. The number of carbonyl (C=O) groups excluding carboxylic acids is 1. The van der Waals surface area contributed by atoms with Crippen molar-refractivity contribution >= 4 is 11.6 Å². The van der Waals surface area contributed by atoms with Gasteiger partial charge in [-0.15, -0.1) is 0 Å². The van der Waals surface area contributed by atoms with Crippen molar-refractivity contribution in [2.45, 2.75) is 38.8 Å². The standard InChI is InChI=1S/C16H25N3O/c1-13(16(17)20)18(2)12-14-8-4-5-9-15(14)19-10-6-3-7-11-19/h4-5,8-9,13H,3,6-7,10-12H2,1-2H3,(H2,17,20). The van der Waals surface area contributed by atoms with E-state index < -0.39 is 0 Å². The van der Waals surface area contributed by atoms with E-state index >= 15 is 0 Å². The van der Waals surface area contributed by atoms with Crippen molar-refractivity contribution in [3.05, 3.63) is 29.8 Å². The van der Waals surface area contributed by atoms with E-state index in [-0.39, 0.29) is 11.9 Å². The molecule has 1 amide bonds. The van der Waals surface area contributed by atoms with Crippen LogP contribution < -0.4 is 10.6 Å². The minimum Gasteiger partial charge on any atom is -0.371 e. The molecule has 1 aromatic carbocycles. The Bertz CT molecular complexity index is 455. The Morgan fingerprint density at radius 3 is 2.60 bits per heavy atom. The molecule has 1 aliphatic heterocycles. The predicted octanol–water partition coefficient (Wildman–Crippen LogP) is 1.98. The lowest BCUT2D eigenvalue weighted by atomic mass is 10.1. The molecule has 0 aromatic heterocycles. The van der Waals surface area contributed by atoms with E-state index in [4.69, 9.17) is 5.73 Å². The Kier molecular flexibility index (Phi) is 5.01. The van der Waals surface area contributed by atoms with Gasteiger partial charge in [0.1, 0.15) is 0 Å². The molecule has 0 radical (unpaired) electrons. The van der Waals surface area contributed by atoms with Gasteiger partial charge in [0.25, 0.3) is 0 Å². The highest BCUT2D eigenvalue weighted by Crippen LogP contribution is 2.25. The molecule has 1 aromatic rings. The number of benzene rings is 1. The average molecular weight is 275 g/mol. The summed E-state index contributed by atoms with van der Waals surface area (Å²) < 4.78 is 0. The van der Waals surface area contributed by atoms with E-state index in [9.17, 15) is 4.79 Å². The molecular formula is C16H25N3O. The summed E-state index contributed by atoms with van der Waals surface area (Å²) in [5.41, 5.74) is 7.95. The quantitative estimate of drug-likeness (QED) is 0.894. The summed E-state index contributed by atoms with van der Waals surface area (Å²) >= 11 is 0. The van der Waals surface area contributed by atoms with Gasteiger partial charge in [-0.3, -0.25) is 9.69 Å². The van der Waals surface area contributed by atoms with Crippen LogP contribution in [-0.2, 0) is 11.3 Å². The molecule has 0 saturated carbocycles. The lowest BCUT2D eigenvalue weighted by Gasteiger charge is -2.32. The van der Waals surface area contributed by atoms with Crippen molar-refractivity contribution in [3.63, 3.8) is 0 Å². The molecule has 1 aliphatic rings. The molecular weight excluding hydrogens is 250 g/mol. The molecule has 2 rings (SSSR count). The molecule has 2 N–H and O–H groups in total. The molecule has 20 heavy (non-hydrogen) atoms. The van der Waals surface area contributed by atoms with Crippen LogP contribution in [0.5, 0.6) is 0 Å². The van der Waals surface area contributed by atoms with Gasteiger partial charge in [-0.05, 0) is 44.9 Å². The molecule has 1 atom stereocenters. The van der Waals surface area contributed by atoms with E-state index in [0.29, 0.717) is 0 Å². The fourth-order valence-corrected chi connectivity index (χ4v) is 2.71. The van der Waals surface area contributed by atoms with Crippen molar-refractivity contribution < 1.29 is 4.79 Å². The summed E-state index contributed by atoms with van der Waals surface area (Å²) in [6.07, 6.45) is 3.86. The zero-order valence-electron chi connectivity index (χ0n) is 12.5. The van der Waals surface area contributed by atoms with Gasteiger partial charge in [-0.2, -0.15) is 0 Å². The Morgan fingerprint density at radius 1 is 1.30 bits per heavy atom. The fraction of sp³-hybridized carbons (Fsp3) is 0.562. The van der Waals surface area contributed by atoms with Crippen molar-refractivity contribution in [3.8, 4) is 0 Å². The van der Waals surface area contributed by atoms with Crippen molar-refractivity contribution in [1.82, 2.24) is 4.90 Å². The fourth-order valence-electron chi connectivity index (χ4n) is 2.71. The smallest absolute Gasteiger partial charge is 0.234 e. The zero-order valence-corrected chi connectivity index (χ0v) is 12.5. The Labute approximate surface area is 121 Å². The van der Waals surface area contributed by atoms with Crippen LogP contribution in [0.1, 0.15) is 31.7 Å². The van der Waals surface area contributed by atoms with Gasteiger partial charge < -0.3 is 10.6 Å². The number of hydrogen-bond acceptors (Lipinski definition) is 3. The monoisotopic (exact) mass is 275 g/mol. The molecule has 0 aliphatic carbocycles. The van der Waals surface area contributed by atoms with Crippen LogP contribution in [0.4, 0.5) is 5.69 Å². The maximum absolute atomic E-state index is 11.3. The van der Waals surface area contributed by atoms with Crippen LogP contribution >= 0.6 is 0 Å². The van der Waals surface area contributed by atoms with E-state index in [1.54, 1.807) is 0 Å². The summed E-state index contributed by atoms with van der Waals surface area (Å²) in [7, 11) is 1.95. The molecule has 1 unspecified atom stereocenters. The summed E-state index contributed by atoms with van der Waals surface area (Å²) in [6, 6.07) is 8.23. The largest absolute Gasteiger partial charge is 0.371 e. The number of rotatable bonds is 5. The second-order valence-corrected chi connectivity index (χ2v) is 5.67. The number of hydrogen-bond donors (Lipinski definition) is 1. The van der Waals surface area contributed by atoms with Crippen molar-refractivity contribution in [2.75, 3.05) is 25.0 Å². The highest BCUT2D eigenvalue weighted by Gasteiger charge is 2.18. The minimum atomic E-state index is -0.275. The second-order valence-electron chi connectivity index (χ2n) is 5.67. The van der Waals surface area contributed by atoms with Gasteiger partial charge in [-0.25, -0.2) is 0 Å². The number of nitrogens with two attached hydrogens (primary N) is 1. The normalized spacial score (nSPS) is 17.2. The number of nitrogens with zero attached hydrogens (tertiary/aromatic N) is 2. The summed E-state index contributed by atoms with van der Waals surface area (Å²) in [5.74, 6) is -0.275. The summed E-state index contributed by atoms with van der Waals surface area (Å²) in [6.45, 7) is 4.86. The van der Waals surface area contributed by atoms with Gasteiger partial charge in [0.2, 0.25) is 5.91 Å². The zero-order chi connectivity index (χ0) is 14.5. The first-order valence-corrected chi connectivity index (χ1v) is 7.42. The third-order valence-electron chi connectivity index (χ3n) is 4.18. The third kappa shape index (κ3) is 3.51. The van der Waals surface area contributed by atoms with E-state index in [2.05, 4.69) is 29.2 Å². The summed E-state index contributed by atoms with van der Waals surface area (Å²) in [4.78, 5) is 15.8. The van der Waals surface area contributed by atoms with E-state index in [1.165, 1.54) is 30.5 Å². The Balaban J connectivity index is 2.13. The van der Waals surface area contributed by atoms with Crippen LogP contribution in [0.25, 0.3) is 0 Å². The van der Waals surface area contributed by atoms with Gasteiger partial charge >= 0.3 is 0 Å². The summed E-state index contributed by atoms with van der Waals surface area (Å²) in [5, 5.41) is 0. The van der Waals surface area contributed by atoms with Crippen LogP contribution in [0.2, 0.25) is 0 Å². The molecule has 1 saturated heterocycles. The number of para-hydroxylation sites is 1. The molecule has 110 valence electrons. The first kappa shape index (κ1) is 14.9. The number of likely N-dealkylation sites (N-methyl/N-ethyl adjacent to an activating group) is 1. The first-order chi connectivity index (χ1) is 9.59. The number of amides is 1. The molecule has 4 nitrogen and oxygen atoms in total. The highest BCUT2D eigenvalue weighted by atomic mass is 16.1. The lowest BCUT2D eigenvalue weighted by molar-refractivity contribution is -0.122. The second kappa shape index (κ2) is 6.75. The number of piperidine rings is 1. The van der Waals surface area contributed by atoms with Gasteiger partial charge in [0, 0.05) is 25.3 Å². The molecule has 4 heteroatoms. The lowest BCUT2D eigenvalue weighted by Crippen LogP contribution is -2.40. The predicted molar refractivity (Wildman–Crippen MR) is 82.6 cm³/mol. The van der Waals surface area contributed by atoms with Crippen LogP contribution in [0.15, 0.2) is 24.3 Å². The van der Waals surface area contributed by atoms with Gasteiger partial charge in [-0.1, -0.05) is 18.2 Å². The Morgan fingerprint density at radius 2 is 1.95 bits per heavy atom. The van der Waals surface area contributed by atoms with Crippen LogP contribution in [0, 0.1) is 0 Å². The third-order valence-corrected chi connectivity index (χ3v) is 4.18. The topological polar surface area (TPSA) is 49.6 Å². The SMILES string of the molecule is CC(C(N)=O)N(C)Cc1ccccc1N1CCCCC1. The Hall–Kier alpha value is -1.55. The van der Waals surface area contributed by atoms with E-state index in [1.807, 2.05) is 18.9 Å².